The Kier molecular flexibility index (Phi) is 10.1. The van der Waals surface area contributed by atoms with Crippen molar-refractivity contribution in [1.82, 2.24) is 10.6 Å². The van der Waals surface area contributed by atoms with E-state index in [9.17, 15) is 0 Å². The molecular formula is C18H30IN3O2S. The molecule has 2 atom stereocenters. The van der Waals surface area contributed by atoms with Crippen molar-refractivity contribution in [2.45, 2.75) is 50.7 Å². The molecule has 0 saturated carbocycles. The lowest BCUT2D eigenvalue weighted by atomic mass is 10.1. The van der Waals surface area contributed by atoms with E-state index < -0.39 is 0 Å². The summed E-state index contributed by atoms with van der Waals surface area (Å²) in [5.74, 6) is 4.37. The number of hydrogen-bond donors (Lipinski definition) is 2. The molecule has 1 aromatic heterocycles. The summed E-state index contributed by atoms with van der Waals surface area (Å²) < 4.78 is 11.2. The number of ether oxygens (including phenoxy) is 1. The molecule has 2 saturated heterocycles. The van der Waals surface area contributed by atoms with Gasteiger partial charge in [-0.2, -0.15) is 11.8 Å². The predicted molar refractivity (Wildman–Crippen MR) is 115 cm³/mol. The molecule has 2 aliphatic heterocycles. The zero-order chi connectivity index (χ0) is 16.5. The summed E-state index contributed by atoms with van der Waals surface area (Å²) in [4.78, 5) is 4.79. The third-order valence-corrected chi connectivity index (χ3v) is 5.69. The zero-order valence-corrected chi connectivity index (χ0v) is 17.9. The number of nitrogens with zero attached hydrogens (tertiary/aromatic N) is 1. The molecule has 25 heavy (non-hydrogen) atoms. The van der Waals surface area contributed by atoms with Gasteiger partial charge in [0.1, 0.15) is 5.76 Å². The molecule has 2 fully saturated rings. The number of guanidine groups is 1. The fraction of sp³-hybridized carbons (Fsp3) is 0.722. The summed E-state index contributed by atoms with van der Waals surface area (Å²) in [6.45, 7) is 2.45. The van der Waals surface area contributed by atoms with Gasteiger partial charge in [0.05, 0.1) is 18.9 Å². The third kappa shape index (κ3) is 7.78. The van der Waals surface area contributed by atoms with Crippen LogP contribution >= 0.6 is 35.7 Å². The summed E-state index contributed by atoms with van der Waals surface area (Å²) in [7, 11) is 0. The van der Waals surface area contributed by atoms with E-state index in [0.29, 0.717) is 6.04 Å². The second-order valence-electron chi connectivity index (χ2n) is 6.49. The van der Waals surface area contributed by atoms with Crippen molar-refractivity contribution in [1.29, 1.82) is 0 Å². The fourth-order valence-electron chi connectivity index (χ4n) is 3.10. The van der Waals surface area contributed by atoms with Crippen molar-refractivity contribution in [3.8, 4) is 0 Å². The Morgan fingerprint density at radius 3 is 2.96 bits per heavy atom. The molecule has 0 aliphatic carbocycles. The predicted octanol–water partition coefficient (Wildman–Crippen LogP) is 3.44. The first-order valence-corrected chi connectivity index (χ1v) is 10.3. The van der Waals surface area contributed by atoms with Crippen LogP contribution in [0, 0.1) is 0 Å². The number of rotatable bonds is 6. The first-order chi connectivity index (χ1) is 11.9. The van der Waals surface area contributed by atoms with E-state index >= 15 is 0 Å². The van der Waals surface area contributed by atoms with E-state index in [1.165, 1.54) is 37.2 Å². The van der Waals surface area contributed by atoms with Gasteiger partial charge < -0.3 is 19.8 Å². The first kappa shape index (κ1) is 20.9. The first-order valence-electron chi connectivity index (χ1n) is 9.17. The summed E-state index contributed by atoms with van der Waals surface area (Å²) in [5.41, 5.74) is 0. The lowest BCUT2D eigenvalue weighted by molar-refractivity contribution is 0.0224. The topological polar surface area (TPSA) is 58.8 Å². The summed E-state index contributed by atoms with van der Waals surface area (Å²) >= 11 is 2.03. The molecule has 0 spiro atoms. The SMILES string of the molecule is I.c1coc(CCNC(=NCC2CCCCO2)NC2CCCSC2)c1. The minimum absolute atomic E-state index is 0. The Bertz CT molecular complexity index is 487. The number of aliphatic imine (C=N–C) groups is 1. The number of thioether (sulfide) groups is 1. The second-order valence-corrected chi connectivity index (χ2v) is 7.64. The molecule has 3 heterocycles. The van der Waals surface area contributed by atoms with E-state index in [1.807, 2.05) is 23.9 Å². The minimum atomic E-state index is 0. The van der Waals surface area contributed by atoms with Crippen LogP contribution < -0.4 is 10.6 Å². The minimum Gasteiger partial charge on any atom is -0.469 e. The standard InChI is InChI=1S/C18H29N3O2S.HI/c1-2-10-23-17(6-1)13-20-18(21-15-5-4-12-24-14-15)19-9-8-16-7-3-11-22-16;/h3,7,11,15,17H,1-2,4-6,8-10,12-14H2,(H2,19,20,21);1H. The van der Waals surface area contributed by atoms with Crippen LogP contribution in [0.5, 0.6) is 0 Å². The van der Waals surface area contributed by atoms with Crippen LogP contribution in [0.25, 0.3) is 0 Å². The van der Waals surface area contributed by atoms with E-state index in [-0.39, 0.29) is 30.1 Å². The molecule has 7 heteroatoms. The summed E-state index contributed by atoms with van der Waals surface area (Å²) in [6, 6.07) is 4.47. The molecule has 3 rings (SSSR count). The Morgan fingerprint density at radius 2 is 2.24 bits per heavy atom. The summed E-state index contributed by atoms with van der Waals surface area (Å²) in [6.07, 6.45) is 8.96. The molecule has 5 nitrogen and oxygen atoms in total. The molecule has 0 aromatic carbocycles. The Balaban J connectivity index is 0.00000225. The maximum Gasteiger partial charge on any atom is 0.191 e. The van der Waals surface area contributed by atoms with E-state index in [2.05, 4.69) is 10.6 Å². The van der Waals surface area contributed by atoms with E-state index in [4.69, 9.17) is 14.1 Å². The molecule has 1 aromatic rings. The van der Waals surface area contributed by atoms with Crippen molar-refractivity contribution in [2.24, 2.45) is 4.99 Å². The van der Waals surface area contributed by atoms with Crippen LogP contribution in [0.4, 0.5) is 0 Å². The zero-order valence-electron chi connectivity index (χ0n) is 14.7. The largest absolute Gasteiger partial charge is 0.469 e. The number of nitrogens with one attached hydrogen (secondary N) is 2. The van der Waals surface area contributed by atoms with Gasteiger partial charge in [-0.15, -0.1) is 24.0 Å². The second kappa shape index (κ2) is 12.1. The number of hydrogen-bond acceptors (Lipinski definition) is 4. The van der Waals surface area contributed by atoms with Crippen LogP contribution in [0.2, 0.25) is 0 Å². The van der Waals surface area contributed by atoms with Crippen LogP contribution in [0.3, 0.4) is 0 Å². The van der Waals surface area contributed by atoms with Crippen LogP contribution in [-0.2, 0) is 11.2 Å². The Morgan fingerprint density at radius 1 is 1.28 bits per heavy atom. The molecule has 0 bridgehead atoms. The van der Waals surface area contributed by atoms with Gasteiger partial charge >= 0.3 is 0 Å². The monoisotopic (exact) mass is 479 g/mol. The van der Waals surface area contributed by atoms with Crippen molar-refractivity contribution in [2.75, 3.05) is 31.2 Å². The molecule has 0 radical (unpaired) electrons. The highest BCUT2D eigenvalue weighted by Gasteiger charge is 2.17. The van der Waals surface area contributed by atoms with E-state index in [1.54, 1.807) is 6.26 Å². The van der Waals surface area contributed by atoms with Gasteiger partial charge in [0, 0.05) is 31.4 Å². The van der Waals surface area contributed by atoms with Gasteiger partial charge in [0.25, 0.3) is 0 Å². The highest BCUT2D eigenvalue weighted by atomic mass is 127. The fourth-order valence-corrected chi connectivity index (χ4v) is 4.18. The van der Waals surface area contributed by atoms with Gasteiger partial charge in [0.15, 0.2) is 5.96 Å². The quantitative estimate of drug-likeness (QED) is 0.372. The average molecular weight is 479 g/mol. The van der Waals surface area contributed by atoms with E-state index in [0.717, 1.165) is 44.3 Å². The Hall–Kier alpha value is -0.410. The van der Waals surface area contributed by atoms with Gasteiger partial charge in [0.2, 0.25) is 0 Å². The molecule has 2 N–H and O–H groups in total. The average Bonchev–Trinajstić information content (AvgIpc) is 3.15. The lowest BCUT2D eigenvalue weighted by Gasteiger charge is -2.26. The molecule has 142 valence electrons. The maximum absolute atomic E-state index is 5.80. The van der Waals surface area contributed by atoms with Crippen molar-refractivity contribution in [3.05, 3.63) is 24.2 Å². The van der Waals surface area contributed by atoms with Crippen LogP contribution in [-0.4, -0.2) is 49.3 Å². The molecular weight excluding hydrogens is 449 g/mol. The normalized spacial score (nSPS) is 24.4. The Labute approximate surface area is 172 Å². The highest BCUT2D eigenvalue weighted by molar-refractivity contribution is 14.0. The number of halogens is 1. The third-order valence-electron chi connectivity index (χ3n) is 4.47. The maximum atomic E-state index is 5.80. The number of furan rings is 1. The smallest absolute Gasteiger partial charge is 0.191 e. The highest BCUT2D eigenvalue weighted by Crippen LogP contribution is 2.17. The van der Waals surface area contributed by atoms with Gasteiger partial charge in [-0.3, -0.25) is 4.99 Å². The lowest BCUT2D eigenvalue weighted by Crippen LogP contribution is -2.46. The van der Waals surface area contributed by atoms with Gasteiger partial charge in [-0.1, -0.05) is 0 Å². The summed E-state index contributed by atoms with van der Waals surface area (Å²) in [5, 5.41) is 7.07. The van der Waals surface area contributed by atoms with Crippen molar-refractivity contribution in [3.63, 3.8) is 0 Å². The molecule has 0 amide bonds. The van der Waals surface area contributed by atoms with Crippen LogP contribution in [0.15, 0.2) is 27.8 Å². The molecule has 2 unspecified atom stereocenters. The van der Waals surface area contributed by atoms with Crippen molar-refractivity contribution >= 4 is 41.7 Å². The van der Waals surface area contributed by atoms with Gasteiger partial charge in [-0.25, -0.2) is 0 Å². The van der Waals surface area contributed by atoms with Crippen molar-refractivity contribution < 1.29 is 9.15 Å². The molecule has 2 aliphatic rings. The van der Waals surface area contributed by atoms with Gasteiger partial charge in [-0.05, 0) is 50.0 Å². The van der Waals surface area contributed by atoms with Crippen LogP contribution in [0.1, 0.15) is 37.9 Å².